The normalized spacial score (nSPS) is 44.8. The van der Waals surface area contributed by atoms with E-state index >= 15 is 0 Å². The third-order valence-corrected chi connectivity index (χ3v) is 17.2. The van der Waals surface area contributed by atoms with Gasteiger partial charge in [-0.3, -0.25) is 8.42 Å². The van der Waals surface area contributed by atoms with Crippen LogP contribution < -0.4 is 0 Å². The second-order valence-electron chi connectivity index (χ2n) is 20.7. The number of isothiocyanates is 1. The Hall–Kier alpha value is -1.26. The highest BCUT2D eigenvalue weighted by Crippen LogP contribution is 2.38. The Morgan fingerprint density at radius 3 is 0.793 bits per heavy atom. The van der Waals surface area contributed by atoms with Crippen LogP contribution in [0.4, 0.5) is 0 Å². The molecule has 22 heterocycles. The van der Waals surface area contributed by atoms with Gasteiger partial charge < -0.3 is 149 Å². The summed E-state index contributed by atoms with van der Waals surface area (Å²) in [5.74, 6) is 2.41. The second-order valence-corrected chi connectivity index (χ2v) is 24.9. The molecule has 22 saturated heterocycles. The van der Waals surface area contributed by atoms with Gasteiger partial charge in [0, 0.05) is 57.9 Å². The monoisotopic (exact) mass is 1340 g/mol. The second kappa shape index (κ2) is 38.2. The number of thiocyanates is 1. The summed E-state index contributed by atoms with van der Waals surface area (Å²) in [6.45, 7) is -5.27. The summed E-state index contributed by atoms with van der Waals surface area (Å²) in [5.41, 5.74) is 0. The molecule has 18 N–H and O–H groups in total. The molecule has 34 nitrogen and oxygen atoms in total. The summed E-state index contributed by atoms with van der Waals surface area (Å²) in [5, 5.41) is 208. The molecule has 38 heteroatoms. The largest absolute Gasteiger partial charge is 0.394 e. The Kier molecular flexibility index (Phi) is 34.3. The van der Waals surface area contributed by atoms with E-state index in [4.69, 9.17) is 62.1 Å². The molecule has 508 valence electrons. The summed E-state index contributed by atoms with van der Waals surface area (Å²) >= 11 is 5.64. The predicted molar refractivity (Wildman–Crippen MR) is 297 cm³/mol. The highest BCUT2D eigenvalue weighted by molar-refractivity contribution is 8.03. The van der Waals surface area contributed by atoms with Gasteiger partial charge in [0.05, 0.1) is 44.8 Å². The van der Waals surface area contributed by atoms with Crippen LogP contribution in [0.3, 0.4) is 0 Å². The summed E-state index contributed by atoms with van der Waals surface area (Å²) in [7, 11) is -1.32. The number of hydrogen-bond acceptors (Lipinski definition) is 36. The molecule has 0 spiro atoms. The molecule has 87 heavy (non-hydrogen) atoms. The first-order chi connectivity index (χ1) is 41.0. The maximum absolute atomic E-state index is 11.2. The average Bonchev–Trinajstić information content (AvgIpc) is 1.13. The number of nitriles is 1. The van der Waals surface area contributed by atoms with Crippen LogP contribution in [0.5, 0.6) is 0 Å². The number of aliphatic hydroxyl groups is 18. The van der Waals surface area contributed by atoms with E-state index in [0.717, 1.165) is 49.5 Å². The van der Waals surface area contributed by atoms with Gasteiger partial charge in [0.25, 0.3) is 0 Å². The van der Waals surface area contributed by atoms with Gasteiger partial charge in [-0.05, 0) is 49.7 Å². The Balaban J connectivity index is 0.000000659. The fraction of sp³-hybridized carbons (Fsp3) is 0.959. The standard InChI is InChI=1S/C36H60O30.2C6H11NOS2.CH4/c37-1-7-25-13(43)19(49)31(55-7)62-26-8(2-38)57-33(21(51)15(26)45)64-28-10(4-40)59-35(23(53)17(28)47)66-30-12(6-42)60-36(24(54)18(30)48)65-29-11(5-41)58-34(22(52)16(29)46)63-27-9(3-39)56-32(61-25)20(50)14(27)44;1-10(8)5-3-2-4-9-6-7;1-10(8)5-3-2-4-7-6-9;/h7-54H,1-6H2;2*2-5H2,1H3;1H4/t7-,8-,9-,10-,11-,12-,13-,14-,15-,16-,17-,18-,19-,20-,21-,22-,23-,24-,25-,26-,27-,28?,29?,30?,31?,32?,33?,34?,35?,36?;;;/m1.../s1. The molecule has 12 bridgehead atoms. The highest BCUT2D eigenvalue weighted by atomic mass is 32.2. The number of rotatable bonds is 16. The van der Waals surface area contributed by atoms with Gasteiger partial charge in [0.15, 0.2) is 37.7 Å². The van der Waals surface area contributed by atoms with Gasteiger partial charge in [0.1, 0.15) is 152 Å². The van der Waals surface area contributed by atoms with Crippen molar-refractivity contribution in [2.24, 2.45) is 4.99 Å². The van der Waals surface area contributed by atoms with Crippen LogP contribution in [0, 0.1) is 10.7 Å². The first kappa shape index (κ1) is 78.2. The summed E-state index contributed by atoms with van der Waals surface area (Å²) in [6.07, 6.45) is -51.2. The highest BCUT2D eigenvalue weighted by Gasteiger charge is 2.58. The molecule has 0 aliphatic carbocycles. The van der Waals surface area contributed by atoms with Crippen molar-refractivity contribution in [1.82, 2.24) is 0 Å². The predicted octanol–water partition coefficient (Wildman–Crippen LogP) is -9.81. The van der Waals surface area contributed by atoms with Crippen LogP contribution in [0.1, 0.15) is 33.1 Å². The maximum Gasteiger partial charge on any atom is 0.187 e. The minimum absolute atomic E-state index is 0. The molecule has 0 aromatic rings. The number of ether oxygens (including phenoxy) is 12. The van der Waals surface area contributed by atoms with Crippen LogP contribution >= 0.6 is 24.0 Å². The molecule has 22 rings (SSSR count). The van der Waals surface area contributed by atoms with Crippen LogP contribution in [0.2, 0.25) is 0 Å². The minimum Gasteiger partial charge on any atom is -0.394 e. The lowest BCUT2D eigenvalue weighted by Crippen LogP contribution is -2.69. The third kappa shape index (κ3) is 20.4. The zero-order valence-electron chi connectivity index (χ0n) is 46.5. The minimum atomic E-state index is -2.15. The van der Waals surface area contributed by atoms with Crippen molar-refractivity contribution in [3.05, 3.63) is 0 Å². The Bertz CT molecular complexity index is 1840. The van der Waals surface area contributed by atoms with Gasteiger partial charge in [-0.15, -0.1) is 0 Å². The number of unbranched alkanes of at least 4 members (excludes halogenated alkanes) is 2. The zero-order valence-corrected chi connectivity index (χ0v) is 49.8. The summed E-state index contributed by atoms with van der Waals surface area (Å²) in [6, 6.07) is 0. The van der Waals surface area contributed by atoms with E-state index in [1.54, 1.807) is 12.5 Å². The Morgan fingerprint density at radius 1 is 0.391 bits per heavy atom. The van der Waals surface area contributed by atoms with Crippen molar-refractivity contribution in [3.63, 3.8) is 0 Å². The van der Waals surface area contributed by atoms with Crippen molar-refractivity contribution in [1.29, 1.82) is 5.26 Å². The van der Waals surface area contributed by atoms with Crippen LogP contribution in [-0.4, -0.2) is 366 Å². The van der Waals surface area contributed by atoms with Crippen LogP contribution in [-0.2, 0) is 78.4 Å². The molecule has 22 fully saturated rings. The van der Waals surface area contributed by atoms with Crippen molar-refractivity contribution in [2.45, 2.75) is 217 Å². The third-order valence-electron chi connectivity index (χ3n) is 14.7. The van der Waals surface area contributed by atoms with E-state index in [9.17, 15) is 100 Å². The van der Waals surface area contributed by atoms with Gasteiger partial charge in [-0.2, -0.15) is 5.26 Å². The number of thiocarbonyl (C=S) groups is 1. The summed E-state index contributed by atoms with van der Waals surface area (Å²) < 4.78 is 88.9. The lowest BCUT2D eigenvalue weighted by Gasteiger charge is -2.50. The van der Waals surface area contributed by atoms with Crippen molar-refractivity contribution < 1.29 is 157 Å². The molecule has 0 aromatic heterocycles. The van der Waals surface area contributed by atoms with Crippen LogP contribution in [0.15, 0.2) is 4.99 Å². The molecule has 32 atom stereocenters. The molecule has 22 aliphatic rings. The molecule has 0 amide bonds. The average molecular weight is 1340 g/mol. The lowest BCUT2D eigenvalue weighted by atomic mass is 9.94. The first-order valence-electron chi connectivity index (χ1n) is 27.3. The molecular weight excluding hydrogens is 1260 g/mol. The van der Waals surface area contributed by atoms with Crippen molar-refractivity contribution in [3.8, 4) is 5.40 Å². The van der Waals surface area contributed by atoms with E-state index in [1.807, 2.05) is 5.40 Å². The smallest absolute Gasteiger partial charge is 0.187 e. The van der Waals surface area contributed by atoms with Gasteiger partial charge >= 0.3 is 0 Å². The number of aliphatic imine (C=N–C) groups is 1. The number of aliphatic hydroxyl groups excluding tert-OH is 18. The quantitative estimate of drug-likeness (QED) is 0.0295. The van der Waals surface area contributed by atoms with E-state index in [1.165, 1.54) is 11.8 Å². The van der Waals surface area contributed by atoms with Gasteiger partial charge in [0.2, 0.25) is 0 Å². The van der Waals surface area contributed by atoms with E-state index < -0.39 is 245 Å². The Labute approximate surface area is 514 Å². The van der Waals surface area contributed by atoms with Crippen molar-refractivity contribution in [2.75, 3.05) is 76.0 Å². The fourth-order valence-electron chi connectivity index (χ4n) is 9.99. The maximum atomic E-state index is 11.2. The molecule has 0 aromatic carbocycles. The Morgan fingerprint density at radius 2 is 0.609 bits per heavy atom. The number of hydrogen-bond donors (Lipinski definition) is 18. The van der Waals surface area contributed by atoms with E-state index in [-0.39, 0.29) is 7.43 Å². The van der Waals surface area contributed by atoms with E-state index in [0.29, 0.717) is 0 Å². The molecule has 22 aliphatic heterocycles. The molecule has 0 radical (unpaired) electrons. The molecular formula is C49H86N2O32S4. The number of thioether (sulfide) groups is 1. The van der Waals surface area contributed by atoms with E-state index in [2.05, 4.69) is 22.4 Å². The molecule has 11 unspecified atom stereocenters. The topological polar surface area (TPSA) is 545 Å². The van der Waals surface area contributed by atoms with Crippen LogP contribution in [0.25, 0.3) is 0 Å². The van der Waals surface area contributed by atoms with Crippen molar-refractivity contribution >= 4 is 50.7 Å². The summed E-state index contributed by atoms with van der Waals surface area (Å²) in [4.78, 5) is 3.73. The lowest BCUT2D eigenvalue weighted by molar-refractivity contribution is -0.404. The first-order valence-corrected chi connectivity index (χ1v) is 32.1. The fourth-order valence-corrected chi connectivity index (χ4v) is 11.7. The zero-order chi connectivity index (χ0) is 63.7. The van der Waals surface area contributed by atoms with Gasteiger partial charge in [-0.25, -0.2) is 4.99 Å². The molecule has 0 saturated carbocycles. The van der Waals surface area contributed by atoms with Gasteiger partial charge in [-0.1, -0.05) is 7.43 Å². The number of nitrogens with zero attached hydrogens (tertiary/aromatic N) is 2. The SMILES string of the molecule is C.CS(=O)CCCCN=C=S.CS(=O)CCCCSC#N.OC[C@H]1OC2OC3[C@@H](CO)OC(OC4[C@@H](CO)OC(O[C@H]5[C@H](O)[C@@H](O)C(O[C@H]6[C@H](O)[C@@H](O)C(O[C@H]7[C@H](O)[C@@H](O)C(OC1[C@H](O)[C@H]2O)O[C@@H]7CO)O[C@@H]6CO)O[C@@H]5CO)[C@H](O)[C@H]4O)[C@H](O)[C@H]3O.